The third-order valence-corrected chi connectivity index (χ3v) is 3.37. The molecule has 0 aliphatic heterocycles. The van der Waals surface area contributed by atoms with Gasteiger partial charge in [-0.1, -0.05) is 30.7 Å². The highest BCUT2D eigenvalue weighted by Gasteiger charge is 2.08. The van der Waals surface area contributed by atoms with Gasteiger partial charge in [0.25, 0.3) is 0 Å². The number of rotatable bonds is 6. The number of aromatic nitrogens is 2. The summed E-state index contributed by atoms with van der Waals surface area (Å²) < 4.78 is 0. The fourth-order valence-corrected chi connectivity index (χ4v) is 2.31. The minimum atomic E-state index is 0.756. The highest BCUT2D eigenvalue weighted by Crippen LogP contribution is 2.19. The molecule has 1 aromatic carbocycles. The Morgan fingerprint density at radius 2 is 2.00 bits per heavy atom. The summed E-state index contributed by atoms with van der Waals surface area (Å²) in [6, 6.07) is 9.87. The lowest BCUT2D eigenvalue weighted by atomic mass is 10.2. The lowest BCUT2D eigenvalue weighted by molar-refractivity contribution is 0.858. The zero-order valence-electron chi connectivity index (χ0n) is 12.7. The van der Waals surface area contributed by atoms with Gasteiger partial charge < -0.3 is 10.2 Å². The molecule has 21 heavy (non-hydrogen) atoms. The molecule has 0 aliphatic rings. The molecule has 1 N–H and O–H groups in total. The van der Waals surface area contributed by atoms with Crippen molar-refractivity contribution in [1.82, 2.24) is 9.97 Å². The Labute approximate surface area is 131 Å². The third-order valence-electron chi connectivity index (χ3n) is 3.13. The van der Waals surface area contributed by atoms with Gasteiger partial charge in [-0.25, -0.2) is 9.97 Å². The van der Waals surface area contributed by atoms with Crippen LogP contribution in [0.2, 0.25) is 5.02 Å². The maximum atomic E-state index is 6.03. The third kappa shape index (κ3) is 4.33. The van der Waals surface area contributed by atoms with E-state index in [1.165, 1.54) is 0 Å². The van der Waals surface area contributed by atoms with Crippen LogP contribution in [0.3, 0.4) is 0 Å². The fraction of sp³-hybridized carbons (Fsp3) is 0.375. The number of aryl methyl sites for hydroxylation is 1. The van der Waals surface area contributed by atoms with E-state index in [0.29, 0.717) is 0 Å². The molecule has 0 spiro atoms. The highest BCUT2D eigenvalue weighted by atomic mass is 35.5. The average Bonchev–Trinajstić information content (AvgIpc) is 2.47. The molecule has 0 fully saturated rings. The molecule has 5 heteroatoms. The molecule has 1 aromatic heterocycles. The van der Waals surface area contributed by atoms with Crippen molar-refractivity contribution in [3.8, 4) is 0 Å². The van der Waals surface area contributed by atoms with Crippen LogP contribution in [0, 0.1) is 0 Å². The second-order valence-electron chi connectivity index (χ2n) is 4.90. The first-order valence-corrected chi connectivity index (χ1v) is 7.57. The van der Waals surface area contributed by atoms with Gasteiger partial charge in [0.15, 0.2) is 0 Å². The second-order valence-corrected chi connectivity index (χ2v) is 5.33. The zero-order valence-corrected chi connectivity index (χ0v) is 13.5. The van der Waals surface area contributed by atoms with E-state index in [1.54, 1.807) is 0 Å². The highest BCUT2D eigenvalue weighted by molar-refractivity contribution is 6.30. The minimum Gasteiger partial charge on any atom is -0.370 e. The summed E-state index contributed by atoms with van der Waals surface area (Å²) in [6.07, 6.45) is 0.817. The van der Waals surface area contributed by atoms with Gasteiger partial charge in [-0.05, 0) is 24.6 Å². The molecule has 0 bridgehead atoms. The van der Waals surface area contributed by atoms with E-state index in [1.807, 2.05) is 31.3 Å². The van der Waals surface area contributed by atoms with Crippen LogP contribution in [0.4, 0.5) is 11.6 Å². The molecule has 2 rings (SSSR count). The molecular weight excluding hydrogens is 284 g/mol. The van der Waals surface area contributed by atoms with Crippen molar-refractivity contribution in [3.63, 3.8) is 0 Å². The minimum absolute atomic E-state index is 0.756. The number of hydrogen-bond acceptors (Lipinski definition) is 4. The number of nitrogens with one attached hydrogen (secondary N) is 1. The van der Waals surface area contributed by atoms with Gasteiger partial charge in [-0.3, -0.25) is 0 Å². The predicted molar refractivity (Wildman–Crippen MR) is 89.1 cm³/mol. The van der Waals surface area contributed by atoms with Crippen molar-refractivity contribution in [2.24, 2.45) is 0 Å². The summed E-state index contributed by atoms with van der Waals surface area (Å²) in [5.41, 5.74) is 1.16. The lowest BCUT2D eigenvalue weighted by Gasteiger charge is -2.20. The Kier molecular flexibility index (Phi) is 5.39. The molecule has 0 saturated heterocycles. The first kappa shape index (κ1) is 15.6. The van der Waals surface area contributed by atoms with Crippen LogP contribution in [-0.4, -0.2) is 23.6 Å². The summed E-state index contributed by atoms with van der Waals surface area (Å²) in [5.74, 6) is 2.64. The Morgan fingerprint density at radius 3 is 2.67 bits per heavy atom. The van der Waals surface area contributed by atoms with Crippen LogP contribution < -0.4 is 10.2 Å². The molecule has 0 atom stereocenters. The van der Waals surface area contributed by atoms with Crippen LogP contribution in [0.5, 0.6) is 0 Å². The number of hydrogen-bond donors (Lipinski definition) is 1. The standard InChI is InChI=1S/C16H21ClN4/c1-4-14-19-15(18-5-2)10-16(20-14)21(3)11-12-7-6-8-13(17)9-12/h6-10H,4-5,11H2,1-3H3,(H,18,19,20). The summed E-state index contributed by atoms with van der Waals surface area (Å²) in [5, 5.41) is 4.01. The number of halogens is 1. The van der Waals surface area contributed by atoms with E-state index in [2.05, 4.69) is 40.1 Å². The van der Waals surface area contributed by atoms with Gasteiger partial charge in [0.05, 0.1) is 0 Å². The van der Waals surface area contributed by atoms with E-state index in [9.17, 15) is 0 Å². The molecule has 0 saturated carbocycles. The normalized spacial score (nSPS) is 10.5. The largest absolute Gasteiger partial charge is 0.370 e. The van der Waals surface area contributed by atoms with E-state index in [4.69, 9.17) is 11.6 Å². The van der Waals surface area contributed by atoms with Crippen molar-refractivity contribution in [2.45, 2.75) is 26.8 Å². The van der Waals surface area contributed by atoms with E-state index < -0.39 is 0 Å². The number of benzene rings is 1. The second kappa shape index (κ2) is 7.27. The van der Waals surface area contributed by atoms with E-state index in [-0.39, 0.29) is 0 Å². The van der Waals surface area contributed by atoms with Crippen molar-refractivity contribution in [1.29, 1.82) is 0 Å². The Balaban J connectivity index is 2.21. The first-order valence-electron chi connectivity index (χ1n) is 7.19. The molecule has 112 valence electrons. The molecule has 2 aromatic rings. The fourth-order valence-electron chi connectivity index (χ4n) is 2.10. The first-order chi connectivity index (χ1) is 10.1. The zero-order chi connectivity index (χ0) is 15.2. The van der Waals surface area contributed by atoms with Crippen LogP contribution >= 0.6 is 11.6 Å². The van der Waals surface area contributed by atoms with E-state index >= 15 is 0 Å². The quantitative estimate of drug-likeness (QED) is 0.882. The van der Waals surface area contributed by atoms with Gasteiger partial charge in [-0.15, -0.1) is 0 Å². The molecule has 1 heterocycles. The van der Waals surface area contributed by atoms with Gasteiger partial charge in [0.1, 0.15) is 17.5 Å². The number of anilines is 2. The maximum Gasteiger partial charge on any atom is 0.134 e. The summed E-state index contributed by atoms with van der Waals surface area (Å²) >= 11 is 6.03. The molecule has 0 amide bonds. The smallest absolute Gasteiger partial charge is 0.134 e. The monoisotopic (exact) mass is 304 g/mol. The van der Waals surface area contributed by atoms with Gasteiger partial charge in [0, 0.05) is 37.6 Å². The van der Waals surface area contributed by atoms with Crippen LogP contribution in [-0.2, 0) is 13.0 Å². The topological polar surface area (TPSA) is 41.0 Å². The van der Waals surface area contributed by atoms with Gasteiger partial charge in [0.2, 0.25) is 0 Å². The van der Waals surface area contributed by atoms with Crippen molar-refractivity contribution in [3.05, 3.63) is 46.7 Å². The Bertz CT molecular complexity index is 601. The molecular formula is C16H21ClN4. The average molecular weight is 305 g/mol. The van der Waals surface area contributed by atoms with Crippen molar-refractivity contribution >= 4 is 23.2 Å². The summed E-state index contributed by atoms with van der Waals surface area (Å²) in [7, 11) is 2.03. The predicted octanol–water partition coefficient (Wildman–Crippen LogP) is 3.76. The molecule has 4 nitrogen and oxygen atoms in total. The summed E-state index contributed by atoms with van der Waals surface area (Å²) in [6.45, 7) is 5.72. The van der Waals surface area contributed by atoms with Crippen LogP contribution in [0.25, 0.3) is 0 Å². The van der Waals surface area contributed by atoms with Gasteiger partial charge >= 0.3 is 0 Å². The Hall–Kier alpha value is -1.81. The Morgan fingerprint density at radius 1 is 1.19 bits per heavy atom. The lowest BCUT2D eigenvalue weighted by Crippen LogP contribution is -2.19. The van der Waals surface area contributed by atoms with Crippen molar-refractivity contribution < 1.29 is 0 Å². The molecule has 0 radical (unpaired) electrons. The number of nitrogens with zero attached hydrogens (tertiary/aromatic N) is 3. The maximum absolute atomic E-state index is 6.03. The van der Waals surface area contributed by atoms with E-state index in [0.717, 1.165) is 47.6 Å². The molecule has 0 unspecified atom stereocenters. The van der Waals surface area contributed by atoms with Crippen LogP contribution in [0.1, 0.15) is 25.2 Å². The SMILES string of the molecule is CCNc1cc(N(C)Cc2cccc(Cl)c2)nc(CC)n1. The summed E-state index contributed by atoms with van der Waals surface area (Å²) in [4.78, 5) is 11.2. The van der Waals surface area contributed by atoms with Gasteiger partial charge in [-0.2, -0.15) is 0 Å². The molecule has 0 aliphatic carbocycles. The van der Waals surface area contributed by atoms with Crippen molar-refractivity contribution in [2.75, 3.05) is 23.8 Å². The van der Waals surface area contributed by atoms with Crippen LogP contribution in [0.15, 0.2) is 30.3 Å².